The van der Waals surface area contributed by atoms with Gasteiger partial charge in [0, 0.05) is 13.0 Å². The fourth-order valence-corrected chi connectivity index (χ4v) is 2.36. The Balaban J connectivity index is 4.71. The van der Waals surface area contributed by atoms with Crippen LogP contribution in [0.5, 0.6) is 0 Å². The number of amides is 3. The van der Waals surface area contributed by atoms with Gasteiger partial charge in [-0.25, -0.2) is 4.79 Å². The maximum atomic E-state index is 12.3. The zero-order valence-electron chi connectivity index (χ0n) is 17.6. The third-order valence-corrected chi connectivity index (χ3v) is 4.07. The highest BCUT2D eigenvalue weighted by molar-refractivity contribution is 5.93. The van der Waals surface area contributed by atoms with Crippen molar-refractivity contribution >= 4 is 35.6 Å². The molecular formula is C17H31N7O8. The molecule has 0 bridgehead atoms. The zero-order valence-corrected chi connectivity index (χ0v) is 17.6. The van der Waals surface area contributed by atoms with Gasteiger partial charge in [0.25, 0.3) is 0 Å². The molecule has 0 aromatic carbocycles. The summed E-state index contributed by atoms with van der Waals surface area (Å²) in [4.78, 5) is 61.7. The van der Waals surface area contributed by atoms with Gasteiger partial charge in [0.1, 0.15) is 12.1 Å². The van der Waals surface area contributed by atoms with Gasteiger partial charge in [0.15, 0.2) is 5.96 Å². The van der Waals surface area contributed by atoms with Gasteiger partial charge >= 0.3 is 11.9 Å². The second kappa shape index (κ2) is 14.5. The first-order valence-electron chi connectivity index (χ1n) is 9.66. The molecule has 4 unspecified atom stereocenters. The number of carbonyl (C=O) groups is 5. The molecule has 0 aliphatic carbocycles. The van der Waals surface area contributed by atoms with Gasteiger partial charge in [-0.05, 0) is 26.2 Å². The Labute approximate surface area is 183 Å². The summed E-state index contributed by atoms with van der Waals surface area (Å²) in [5.74, 6) is -5.30. The molecule has 12 N–H and O–H groups in total. The number of nitrogens with one attached hydrogen (secondary N) is 3. The van der Waals surface area contributed by atoms with Gasteiger partial charge in [-0.15, -0.1) is 0 Å². The number of carbonyl (C=O) groups excluding carboxylic acids is 3. The minimum Gasteiger partial charge on any atom is -0.481 e. The van der Waals surface area contributed by atoms with Crippen LogP contribution in [-0.4, -0.2) is 88.3 Å². The van der Waals surface area contributed by atoms with Crippen molar-refractivity contribution in [2.24, 2.45) is 22.2 Å². The number of nitrogens with two attached hydrogens (primary N) is 3. The van der Waals surface area contributed by atoms with E-state index >= 15 is 0 Å². The average molecular weight is 461 g/mol. The van der Waals surface area contributed by atoms with Gasteiger partial charge in [0.2, 0.25) is 17.7 Å². The highest BCUT2D eigenvalue weighted by atomic mass is 16.4. The maximum absolute atomic E-state index is 12.3. The van der Waals surface area contributed by atoms with Crippen molar-refractivity contribution in [3.63, 3.8) is 0 Å². The van der Waals surface area contributed by atoms with Crippen molar-refractivity contribution in [2.45, 2.75) is 56.8 Å². The van der Waals surface area contributed by atoms with E-state index in [0.29, 0.717) is 6.42 Å². The minimum absolute atomic E-state index is 0.102. The molecule has 15 nitrogen and oxygen atoms in total. The van der Waals surface area contributed by atoms with E-state index < -0.39 is 66.9 Å². The van der Waals surface area contributed by atoms with Crippen LogP contribution >= 0.6 is 0 Å². The fraction of sp³-hybridized carbons (Fsp3) is 0.647. The summed E-state index contributed by atoms with van der Waals surface area (Å²) >= 11 is 0. The molecular weight excluding hydrogens is 430 g/mol. The zero-order chi connectivity index (χ0) is 24.8. The standard InChI is InChI=1S/C17H31N7O8/c1-8(25)13(24-14(29)9(18)3-2-6-21-17(19)20)15(30)22-7-11(26)23-10(16(31)32)4-5-12(27)28/h8-10,13,25H,2-7,18H2,1H3,(H,22,30)(H,23,26)(H,24,29)(H,27,28)(H,31,32)(H4,19,20,21). The number of carboxylic acid groups (broad SMARTS) is 2. The van der Waals surface area contributed by atoms with Crippen LogP contribution in [0.1, 0.15) is 32.6 Å². The number of aliphatic hydroxyl groups is 1. The summed E-state index contributed by atoms with van der Waals surface area (Å²) in [6, 6.07) is -3.90. The van der Waals surface area contributed by atoms with Crippen LogP contribution in [0, 0.1) is 0 Å². The summed E-state index contributed by atoms with van der Waals surface area (Å²) in [6.45, 7) is 0.823. The Bertz CT molecular complexity index is 709. The highest BCUT2D eigenvalue weighted by Gasteiger charge is 2.28. The van der Waals surface area contributed by atoms with Crippen molar-refractivity contribution in [2.75, 3.05) is 13.1 Å². The van der Waals surface area contributed by atoms with Gasteiger partial charge in [-0.3, -0.25) is 24.2 Å². The van der Waals surface area contributed by atoms with E-state index in [1.165, 1.54) is 6.92 Å². The molecule has 0 rings (SSSR count). The van der Waals surface area contributed by atoms with E-state index in [2.05, 4.69) is 20.9 Å². The smallest absolute Gasteiger partial charge is 0.326 e. The quantitative estimate of drug-likeness (QED) is 0.0640. The van der Waals surface area contributed by atoms with Gasteiger partial charge in [-0.1, -0.05) is 0 Å². The topological polar surface area (TPSA) is 273 Å². The first kappa shape index (κ1) is 28.5. The number of aliphatic hydroxyl groups excluding tert-OH is 1. The number of carboxylic acids is 2. The Morgan fingerprint density at radius 3 is 2.12 bits per heavy atom. The molecule has 0 spiro atoms. The average Bonchev–Trinajstić information content (AvgIpc) is 2.69. The van der Waals surface area contributed by atoms with Crippen LogP contribution in [-0.2, 0) is 24.0 Å². The molecule has 0 aliphatic rings. The number of guanidine groups is 1. The predicted octanol–water partition coefficient (Wildman–Crippen LogP) is -4.22. The van der Waals surface area contributed by atoms with Crippen molar-refractivity contribution in [3.8, 4) is 0 Å². The third-order valence-electron chi connectivity index (χ3n) is 4.07. The lowest BCUT2D eigenvalue weighted by Crippen LogP contribution is -2.57. The van der Waals surface area contributed by atoms with Crippen LogP contribution in [0.15, 0.2) is 4.99 Å². The second-order valence-corrected chi connectivity index (χ2v) is 6.89. The van der Waals surface area contributed by atoms with Crippen molar-refractivity contribution in [1.29, 1.82) is 0 Å². The van der Waals surface area contributed by atoms with Gasteiger partial charge in [-0.2, -0.15) is 0 Å². The van der Waals surface area contributed by atoms with Crippen molar-refractivity contribution in [3.05, 3.63) is 0 Å². The Kier molecular flexibility index (Phi) is 13.0. The first-order chi connectivity index (χ1) is 14.8. The summed E-state index contributed by atoms with van der Waals surface area (Å²) in [5, 5.41) is 34.0. The van der Waals surface area contributed by atoms with Gasteiger partial charge < -0.3 is 48.5 Å². The lowest BCUT2D eigenvalue weighted by Gasteiger charge is -2.23. The number of aliphatic imine (C=N–C) groups is 1. The molecule has 32 heavy (non-hydrogen) atoms. The van der Waals surface area contributed by atoms with E-state index in [-0.39, 0.29) is 25.3 Å². The van der Waals surface area contributed by atoms with Crippen LogP contribution in [0.3, 0.4) is 0 Å². The Morgan fingerprint density at radius 1 is 1.00 bits per heavy atom. The van der Waals surface area contributed by atoms with Crippen molar-refractivity contribution < 1.29 is 39.3 Å². The van der Waals surface area contributed by atoms with Crippen molar-refractivity contribution in [1.82, 2.24) is 16.0 Å². The van der Waals surface area contributed by atoms with E-state index in [4.69, 9.17) is 27.4 Å². The number of aliphatic carboxylic acids is 2. The number of hydrogen-bond acceptors (Lipinski definition) is 8. The Morgan fingerprint density at radius 2 is 1.62 bits per heavy atom. The lowest BCUT2D eigenvalue weighted by atomic mass is 10.1. The monoisotopic (exact) mass is 461 g/mol. The summed E-state index contributed by atoms with van der Waals surface area (Å²) in [7, 11) is 0. The molecule has 0 aliphatic heterocycles. The first-order valence-corrected chi connectivity index (χ1v) is 9.66. The summed E-state index contributed by atoms with van der Waals surface area (Å²) in [5.41, 5.74) is 16.1. The van der Waals surface area contributed by atoms with E-state index in [0.717, 1.165) is 0 Å². The fourth-order valence-electron chi connectivity index (χ4n) is 2.36. The molecule has 0 aromatic heterocycles. The third kappa shape index (κ3) is 12.3. The van der Waals surface area contributed by atoms with Crippen LogP contribution in [0.4, 0.5) is 0 Å². The van der Waals surface area contributed by atoms with E-state index in [9.17, 15) is 29.1 Å². The molecule has 0 fully saturated rings. The Hall–Kier alpha value is -3.46. The molecule has 15 heteroatoms. The molecule has 0 heterocycles. The lowest BCUT2D eigenvalue weighted by molar-refractivity contribution is -0.143. The van der Waals surface area contributed by atoms with Gasteiger partial charge in [0.05, 0.1) is 18.7 Å². The molecule has 3 amide bonds. The number of nitrogens with zero attached hydrogens (tertiary/aromatic N) is 1. The van der Waals surface area contributed by atoms with Crippen LogP contribution < -0.4 is 33.2 Å². The van der Waals surface area contributed by atoms with Crippen LogP contribution in [0.2, 0.25) is 0 Å². The normalized spacial score (nSPS) is 14.2. The van der Waals surface area contributed by atoms with E-state index in [1.54, 1.807) is 0 Å². The maximum Gasteiger partial charge on any atom is 0.326 e. The molecule has 182 valence electrons. The summed E-state index contributed by atoms with van der Waals surface area (Å²) < 4.78 is 0. The molecule has 4 atom stereocenters. The van der Waals surface area contributed by atoms with Crippen LogP contribution in [0.25, 0.3) is 0 Å². The molecule has 0 saturated carbocycles. The molecule has 0 saturated heterocycles. The summed E-state index contributed by atoms with van der Waals surface area (Å²) in [6.07, 6.45) is -1.57. The van der Waals surface area contributed by atoms with E-state index in [1.807, 2.05) is 0 Å². The molecule has 0 radical (unpaired) electrons. The predicted molar refractivity (Wildman–Crippen MR) is 111 cm³/mol. The minimum atomic E-state index is -1.46. The largest absolute Gasteiger partial charge is 0.481 e. The highest BCUT2D eigenvalue weighted by Crippen LogP contribution is 2.00. The number of hydrogen-bond donors (Lipinski definition) is 9. The SMILES string of the molecule is CC(O)C(NC(=O)C(N)CCCN=C(N)N)C(=O)NCC(=O)NC(CCC(=O)O)C(=O)O. The molecule has 0 aromatic rings. The second-order valence-electron chi connectivity index (χ2n) is 6.89. The number of rotatable bonds is 15.